The number of piperidine rings is 2. The molecule has 1 unspecified atom stereocenters. The van der Waals surface area contributed by atoms with Crippen LogP contribution in [0.3, 0.4) is 0 Å². The summed E-state index contributed by atoms with van der Waals surface area (Å²) in [4.78, 5) is 30.1. The number of carbonyl (C=O) groups excluding carboxylic acids is 2. The van der Waals surface area contributed by atoms with Gasteiger partial charge in [0.05, 0.1) is 0 Å². The van der Waals surface area contributed by atoms with Crippen LogP contribution in [0.25, 0.3) is 0 Å². The lowest BCUT2D eigenvalue weighted by molar-refractivity contribution is -0.136. The SMILES string of the molecule is O=C(NCCc1ccccc1)C1CCN(C2CCN(C(=O)C3CC34CCC4)CC2)CC1. The maximum absolute atomic E-state index is 12.8. The molecule has 168 valence electrons. The molecule has 1 N–H and O–H groups in total. The van der Waals surface area contributed by atoms with Gasteiger partial charge in [0.15, 0.2) is 0 Å². The Hall–Kier alpha value is -1.88. The van der Waals surface area contributed by atoms with Gasteiger partial charge < -0.3 is 15.1 Å². The first-order valence-electron chi connectivity index (χ1n) is 12.5. The van der Waals surface area contributed by atoms with Gasteiger partial charge in [0.2, 0.25) is 11.8 Å². The van der Waals surface area contributed by atoms with Crippen LogP contribution in [0.5, 0.6) is 0 Å². The van der Waals surface area contributed by atoms with E-state index >= 15 is 0 Å². The molecule has 2 aliphatic carbocycles. The number of nitrogens with zero attached hydrogens (tertiary/aromatic N) is 2. The highest BCUT2D eigenvalue weighted by atomic mass is 16.2. The summed E-state index contributed by atoms with van der Waals surface area (Å²) < 4.78 is 0. The topological polar surface area (TPSA) is 52.7 Å². The Morgan fingerprint density at radius 1 is 0.968 bits per heavy atom. The van der Waals surface area contributed by atoms with E-state index in [9.17, 15) is 9.59 Å². The summed E-state index contributed by atoms with van der Waals surface area (Å²) in [6.45, 7) is 4.60. The Morgan fingerprint density at radius 3 is 2.29 bits per heavy atom. The highest BCUT2D eigenvalue weighted by Crippen LogP contribution is 2.66. The number of hydrogen-bond acceptors (Lipinski definition) is 3. The average molecular weight is 424 g/mol. The van der Waals surface area contributed by atoms with E-state index in [1.165, 1.54) is 24.8 Å². The lowest BCUT2D eigenvalue weighted by Crippen LogP contribution is -2.50. The first kappa shape index (κ1) is 21.0. The number of nitrogens with one attached hydrogen (secondary N) is 1. The molecule has 1 aromatic carbocycles. The summed E-state index contributed by atoms with van der Waals surface area (Å²) in [5.74, 6) is 1.19. The van der Waals surface area contributed by atoms with Crippen LogP contribution in [-0.4, -0.2) is 60.4 Å². The largest absolute Gasteiger partial charge is 0.356 e. The van der Waals surface area contributed by atoms with Crippen molar-refractivity contribution < 1.29 is 9.59 Å². The second kappa shape index (κ2) is 8.93. The van der Waals surface area contributed by atoms with E-state index in [0.717, 1.165) is 71.2 Å². The second-order valence-electron chi connectivity index (χ2n) is 10.4. The van der Waals surface area contributed by atoms with Crippen molar-refractivity contribution in [3.63, 3.8) is 0 Å². The van der Waals surface area contributed by atoms with Gasteiger partial charge in [-0.05, 0) is 75.4 Å². The van der Waals surface area contributed by atoms with Crippen molar-refractivity contribution in [2.45, 2.75) is 63.8 Å². The molecule has 1 spiro atoms. The molecule has 1 aromatic rings. The smallest absolute Gasteiger partial charge is 0.226 e. The van der Waals surface area contributed by atoms with Gasteiger partial charge in [-0.25, -0.2) is 0 Å². The van der Waals surface area contributed by atoms with Crippen molar-refractivity contribution in [2.75, 3.05) is 32.7 Å². The van der Waals surface area contributed by atoms with Crippen molar-refractivity contribution in [1.82, 2.24) is 15.1 Å². The monoisotopic (exact) mass is 423 g/mol. The average Bonchev–Trinajstić information content (AvgIpc) is 3.57. The van der Waals surface area contributed by atoms with E-state index in [1.54, 1.807) is 0 Å². The van der Waals surface area contributed by atoms with Gasteiger partial charge in [-0.15, -0.1) is 0 Å². The zero-order valence-corrected chi connectivity index (χ0v) is 18.7. The highest BCUT2D eigenvalue weighted by molar-refractivity contribution is 5.83. The summed E-state index contributed by atoms with van der Waals surface area (Å²) >= 11 is 0. The van der Waals surface area contributed by atoms with Crippen molar-refractivity contribution in [3.8, 4) is 0 Å². The third-order valence-electron chi connectivity index (χ3n) is 8.59. The minimum absolute atomic E-state index is 0.155. The van der Waals surface area contributed by atoms with Crippen LogP contribution >= 0.6 is 0 Å². The number of benzene rings is 1. The molecule has 2 saturated heterocycles. The van der Waals surface area contributed by atoms with Gasteiger partial charge >= 0.3 is 0 Å². The molecule has 2 aliphatic heterocycles. The van der Waals surface area contributed by atoms with Crippen molar-refractivity contribution >= 4 is 11.8 Å². The predicted octanol–water partition coefficient (Wildman–Crippen LogP) is 3.24. The van der Waals surface area contributed by atoms with E-state index < -0.39 is 0 Å². The van der Waals surface area contributed by atoms with Crippen LogP contribution in [0, 0.1) is 17.3 Å². The molecular weight excluding hydrogens is 386 g/mol. The van der Waals surface area contributed by atoms with Crippen LogP contribution in [-0.2, 0) is 16.0 Å². The van der Waals surface area contributed by atoms with Crippen LogP contribution < -0.4 is 5.32 Å². The van der Waals surface area contributed by atoms with Crippen molar-refractivity contribution in [2.24, 2.45) is 17.3 Å². The third kappa shape index (κ3) is 4.52. The Balaban J connectivity index is 1.00. The minimum Gasteiger partial charge on any atom is -0.356 e. The summed E-state index contributed by atoms with van der Waals surface area (Å²) in [6, 6.07) is 10.9. The van der Waals surface area contributed by atoms with Gasteiger partial charge in [-0.1, -0.05) is 36.8 Å². The zero-order chi connectivity index (χ0) is 21.3. The van der Waals surface area contributed by atoms with Crippen LogP contribution in [0.15, 0.2) is 30.3 Å². The van der Waals surface area contributed by atoms with E-state index in [1.807, 2.05) is 18.2 Å². The fourth-order valence-corrected chi connectivity index (χ4v) is 6.20. The molecular formula is C26H37N3O2. The van der Waals surface area contributed by atoms with Crippen LogP contribution in [0.2, 0.25) is 0 Å². The summed E-state index contributed by atoms with van der Waals surface area (Å²) in [7, 11) is 0. The molecule has 0 radical (unpaired) electrons. The summed E-state index contributed by atoms with van der Waals surface area (Å²) in [5, 5.41) is 3.14. The molecule has 5 heteroatoms. The Kier molecular flexibility index (Phi) is 6.05. The minimum atomic E-state index is 0.155. The molecule has 5 nitrogen and oxygen atoms in total. The molecule has 0 bridgehead atoms. The maximum atomic E-state index is 12.8. The van der Waals surface area contributed by atoms with Gasteiger partial charge in [-0.2, -0.15) is 0 Å². The molecule has 4 fully saturated rings. The second-order valence-corrected chi connectivity index (χ2v) is 10.4. The third-order valence-corrected chi connectivity index (χ3v) is 8.59. The molecule has 2 saturated carbocycles. The summed E-state index contributed by atoms with van der Waals surface area (Å²) in [6.07, 6.45) is 10.1. The molecule has 2 amide bonds. The van der Waals surface area contributed by atoms with Gasteiger partial charge in [-0.3, -0.25) is 9.59 Å². The van der Waals surface area contributed by atoms with Crippen LogP contribution in [0.4, 0.5) is 0 Å². The number of hydrogen-bond donors (Lipinski definition) is 1. The fourth-order valence-electron chi connectivity index (χ4n) is 6.20. The van der Waals surface area contributed by atoms with E-state index in [-0.39, 0.29) is 11.8 Å². The number of likely N-dealkylation sites (tertiary alicyclic amines) is 2. The Labute approximate surface area is 186 Å². The number of carbonyl (C=O) groups is 2. The van der Waals surface area contributed by atoms with E-state index in [0.29, 0.717) is 23.3 Å². The van der Waals surface area contributed by atoms with Gasteiger partial charge in [0, 0.05) is 37.5 Å². The first-order chi connectivity index (χ1) is 15.1. The van der Waals surface area contributed by atoms with Crippen LogP contribution in [0.1, 0.15) is 56.9 Å². The lowest BCUT2D eigenvalue weighted by Gasteiger charge is -2.42. The van der Waals surface area contributed by atoms with Gasteiger partial charge in [0.1, 0.15) is 0 Å². The molecule has 1 atom stereocenters. The number of amides is 2. The normalized spacial score (nSPS) is 26.5. The Morgan fingerprint density at radius 2 is 1.68 bits per heavy atom. The van der Waals surface area contributed by atoms with Crippen molar-refractivity contribution in [3.05, 3.63) is 35.9 Å². The lowest BCUT2D eigenvalue weighted by atomic mass is 9.79. The van der Waals surface area contributed by atoms with E-state index in [4.69, 9.17) is 0 Å². The molecule has 0 aromatic heterocycles. The number of rotatable bonds is 6. The first-order valence-corrected chi connectivity index (χ1v) is 12.5. The zero-order valence-electron chi connectivity index (χ0n) is 18.7. The van der Waals surface area contributed by atoms with Crippen molar-refractivity contribution in [1.29, 1.82) is 0 Å². The molecule has 5 rings (SSSR count). The highest BCUT2D eigenvalue weighted by Gasteiger charge is 2.61. The summed E-state index contributed by atoms with van der Waals surface area (Å²) in [5.41, 5.74) is 1.71. The molecule has 4 aliphatic rings. The quantitative estimate of drug-likeness (QED) is 0.764. The van der Waals surface area contributed by atoms with E-state index in [2.05, 4.69) is 27.2 Å². The standard InChI is InChI=1S/C26H37N3O2/c30-24(27-14-7-20-5-2-1-3-6-20)21-8-15-28(16-9-21)22-10-17-29(18-11-22)25(31)23-19-26(23)12-4-13-26/h1-3,5-6,21-23H,4,7-19H2,(H,27,30). The fraction of sp³-hybridized carbons (Fsp3) is 0.692. The molecule has 31 heavy (non-hydrogen) atoms. The molecule has 2 heterocycles. The maximum Gasteiger partial charge on any atom is 0.226 e. The van der Waals surface area contributed by atoms with Gasteiger partial charge in [0.25, 0.3) is 0 Å². The Bertz CT molecular complexity index is 775. The predicted molar refractivity (Wildman–Crippen MR) is 121 cm³/mol.